The van der Waals surface area contributed by atoms with Crippen LogP contribution in [0.1, 0.15) is 12.5 Å². The molecule has 2 aromatic rings. The summed E-state index contributed by atoms with van der Waals surface area (Å²) < 4.78 is 13.8. The van der Waals surface area contributed by atoms with Crippen molar-refractivity contribution in [3.63, 3.8) is 0 Å². The zero-order chi connectivity index (χ0) is 15.6. The van der Waals surface area contributed by atoms with E-state index in [1.165, 1.54) is 6.07 Å². The largest absolute Gasteiger partial charge is 0.369 e. The molecule has 0 fully saturated rings. The summed E-state index contributed by atoms with van der Waals surface area (Å²) in [7, 11) is 0. The molecule has 0 radical (unpaired) electrons. The Morgan fingerprint density at radius 3 is 2.52 bits per heavy atom. The molecule has 0 saturated carbocycles. The van der Waals surface area contributed by atoms with Gasteiger partial charge in [0.2, 0.25) is 0 Å². The highest BCUT2D eigenvalue weighted by atomic mass is 79.9. The zero-order valence-electron chi connectivity index (χ0n) is 11.4. The van der Waals surface area contributed by atoms with Crippen LogP contribution in [0.5, 0.6) is 0 Å². The van der Waals surface area contributed by atoms with Gasteiger partial charge in [-0.05, 0) is 53.5 Å². The smallest absolute Gasteiger partial charge is 0.151 e. The van der Waals surface area contributed by atoms with Gasteiger partial charge in [0, 0.05) is 12.2 Å². The molecule has 3 nitrogen and oxygen atoms in total. The first-order valence-electron chi connectivity index (χ1n) is 6.25. The second kappa shape index (κ2) is 6.81. The number of nitrogens with one attached hydrogen (secondary N) is 2. The molecule has 1 aromatic heterocycles. The molecule has 0 amide bonds. The van der Waals surface area contributed by atoms with Crippen molar-refractivity contribution in [2.75, 3.05) is 17.2 Å². The number of aromatic nitrogens is 1. The molecular weight excluding hydrogens is 380 g/mol. The minimum Gasteiger partial charge on any atom is -0.369 e. The van der Waals surface area contributed by atoms with E-state index in [9.17, 15) is 4.39 Å². The van der Waals surface area contributed by atoms with Gasteiger partial charge in [0.1, 0.15) is 11.6 Å². The van der Waals surface area contributed by atoms with Crippen LogP contribution in [-0.2, 0) is 0 Å². The fourth-order valence-corrected chi connectivity index (χ4v) is 2.57. The van der Waals surface area contributed by atoms with Crippen molar-refractivity contribution in [2.24, 2.45) is 0 Å². The molecule has 21 heavy (non-hydrogen) atoms. The van der Waals surface area contributed by atoms with Crippen LogP contribution in [0.4, 0.5) is 21.7 Å². The SMILES string of the molecule is CCNc1nc(Nc2cc(Br)c(F)cc2C)c(Cl)cc1Cl. The lowest BCUT2D eigenvalue weighted by Gasteiger charge is -2.14. The van der Waals surface area contributed by atoms with E-state index in [0.717, 1.165) is 5.56 Å². The van der Waals surface area contributed by atoms with Crippen LogP contribution in [0.25, 0.3) is 0 Å². The number of anilines is 3. The van der Waals surface area contributed by atoms with Crippen molar-refractivity contribution in [3.8, 4) is 0 Å². The molecule has 0 aliphatic heterocycles. The summed E-state index contributed by atoms with van der Waals surface area (Å²) >= 11 is 15.4. The van der Waals surface area contributed by atoms with E-state index in [-0.39, 0.29) is 5.82 Å². The van der Waals surface area contributed by atoms with Crippen LogP contribution in [0.2, 0.25) is 10.0 Å². The maximum absolute atomic E-state index is 13.5. The summed E-state index contributed by atoms with van der Waals surface area (Å²) in [4.78, 5) is 4.35. The maximum atomic E-state index is 13.5. The van der Waals surface area contributed by atoms with E-state index in [4.69, 9.17) is 23.2 Å². The molecule has 0 aliphatic carbocycles. The highest BCUT2D eigenvalue weighted by Crippen LogP contribution is 2.33. The maximum Gasteiger partial charge on any atom is 0.151 e. The third kappa shape index (κ3) is 3.78. The molecule has 0 saturated heterocycles. The molecule has 112 valence electrons. The standard InChI is InChI=1S/C14H13BrCl2FN3/c1-3-19-13-9(16)6-10(17)14(21-13)20-12-5-8(15)11(18)4-7(12)2/h4-6H,3H2,1-2H3,(H2,19,20,21). The first kappa shape index (κ1) is 16.3. The lowest BCUT2D eigenvalue weighted by molar-refractivity contribution is 0.620. The molecule has 2 N–H and O–H groups in total. The summed E-state index contributed by atoms with van der Waals surface area (Å²) in [5.41, 5.74) is 1.45. The van der Waals surface area contributed by atoms with Gasteiger partial charge < -0.3 is 10.6 Å². The number of aryl methyl sites for hydroxylation is 1. The van der Waals surface area contributed by atoms with Gasteiger partial charge in [-0.3, -0.25) is 0 Å². The summed E-state index contributed by atoms with van der Waals surface area (Å²) in [6.07, 6.45) is 0. The summed E-state index contributed by atoms with van der Waals surface area (Å²) in [5, 5.41) is 6.99. The zero-order valence-corrected chi connectivity index (χ0v) is 14.5. The lowest BCUT2D eigenvalue weighted by atomic mass is 10.2. The Balaban J connectivity index is 2.39. The minimum atomic E-state index is -0.318. The second-order valence-electron chi connectivity index (χ2n) is 4.39. The van der Waals surface area contributed by atoms with E-state index < -0.39 is 0 Å². The predicted octanol–water partition coefficient (Wildman–Crippen LogP) is 5.77. The fraction of sp³-hybridized carbons (Fsp3) is 0.214. The van der Waals surface area contributed by atoms with Crippen LogP contribution in [0.3, 0.4) is 0 Å². The second-order valence-corrected chi connectivity index (χ2v) is 6.05. The summed E-state index contributed by atoms with van der Waals surface area (Å²) in [6, 6.07) is 4.69. The quantitative estimate of drug-likeness (QED) is 0.692. The van der Waals surface area contributed by atoms with Crippen LogP contribution >= 0.6 is 39.1 Å². The van der Waals surface area contributed by atoms with E-state index in [1.54, 1.807) is 19.1 Å². The molecule has 0 atom stereocenters. The van der Waals surface area contributed by atoms with Gasteiger partial charge in [-0.2, -0.15) is 0 Å². The summed E-state index contributed by atoms with van der Waals surface area (Å²) in [6.45, 7) is 4.43. The van der Waals surface area contributed by atoms with Crippen LogP contribution in [0, 0.1) is 12.7 Å². The number of benzene rings is 1. The monoisotopic (exact) mass is 391 g/mol. The first-order chi connectivity index (χ1) is 9.92. The molecular formula is C14H13BrCl2FN3. The average molecular weight is 393 g/mol. The Bertz CT molecular complexity index is 680. The Hall–Kier alpha value is -1.04. The topological polar surface area (TPSA) is 37.0 Å². The summed E-state index contributed by atoms with van der Waals surface area (Å²) in [5.74, 6) is 0.685. The van der Waals surface area contributed by atoms with E-state index in [2.05, 4.69) is 31.5 Å². The van der Waals surface area contributed by atoms with E-state index in [0.29, 0.717) is 38.4 Å². The van der Waals surface area contributed by atoms with Gasteiger partial charge in [0.25, 0.3) is 0 Å². The van der Waals surface area contributed by atoms with Crippen LogP contribution < -0.4 is 10.6 Å². The first-order valence-corrected chi connectivity index (χ1v) is 7.79. The van der Waals surface area contributed by atoms with Gasteiger partial charge in [-0.15, -0.1) is 0 Å². The van der Waals surface area contributed by atoms with Crippen molar-refractivity contribution in [3.05, 3.63) is 44.1 Å². The van der Waals surface area contributed by atoms with Gasteiger partial charge in [-0.25, -0.2) is 9.37 Å². The molecule has 7 heteroatoms. The fourth-order valence-electron chi connectivity index (χ4n) is 1.75. The minimum absolute atomic E-state index is 0.318. The number of hydrogen-bond acceptors (Lipinski definition) is 3. The Kier molecular flexibility index (Phi) is 5.30. The Morgan fingerprint density at radius 2 is 1.86 bits per heavy atom. The molecule has 1 aromatic carbocycles. The van der Waals surface area contributed by atoms with Crippen LogP contribution in [0.15, 0.2) is 22.7 Å². The van der Waals surface area contributed by atoms with Crippen molar-refractivity contribution in [2.45, 2.75) is 13.8 Å². The Labute approximate surface area is 141 Å². The molecule has 0 spiro atoms. The van der Waals surface area contributed by atoms with E-state index in [1.807, 2.05) is 6.92 Å². The normalized spacial score (nSPS) is 10.6. The van der Waals surface area contributed by atoms with Crippen molar-refractivity contribution < 1.29 is 4.39 Å². The molecule has 0 aliphatic rings. The average Bonchev–Trinajstić information content (AvgIpc) is 2.41. The van der Waals surface area contributed by atoms with Crippen LogP contribution in [-0.4, -0.2) is 11.5 Å². The van der Waals surface area contributed by atoms with E-state index >= 15 is 0 Å². The van der Waals surface area contributed by atoms with Gasteiger partial charge in [0.15, 0.2) is 5.82 Å². The van der Waals surface area contributed by atoms with Crippen molar-refractivity contribution in [1.82, 2.24) is 4.98 Å². The number of rotatable bonds is 4. The highest BCUT2D eigenvalue weighted by Gasteiger charge is 2.11. The van der Waals surface area contributed by atoms with Gasteiger partial charge in [0.05, 0.1) is 14.5 Å². The number of halogens is 4. The molecule has 0 unspecified atom stereocenters. The predicted molar refractivity (Wildman–Crippen MR) is 90.5 cm³/mol. The number of pyridine rings is 1. The van der Waals surface area contributed by atoms with Gasteiger partial charge in [-0.1, -0.05) is 23.2 Å². The molecule has 2 rings (SSSR count). The highest BCUT2D eigenvalue weighted by molar-refractivity contribution is 9.10. The lowest BCUT2D eigenvalue weighted by Crippen LogP contribution is -2.04. The number of hydrogen-bond donors (Lipinski definition) is 2. The Morgan fingerprint density at radius 1 is 1.19 bits per heavy atom. The van der Waals surface area contributed by atoms with Gasteiger partial charge >= 0.3 is 0 Å². The number of nitrogens with zero attached hydrogens (tertiary/aromatic N) is 1. The third-order valence-corrected chi connectivity index (χ3v) is 3.98. The molecule has 1 heterocycles. The van der Waals surface area contributed by atoms with Crippen molar-refractivity contribution in [1.29, 1.82) is 0 Å². The molecule has 0 bridgehead atoms. The van der Waals surface area contributed by atoms with Crippen molar-refractivity contribution >= 4 is 56.5 Å². The third-order valence-electron chi connectivity index (χ3n) is 2.79.